The first kappa shape index (κ1) is 13.8. The van der Waals surface area contributed by atoms with Crippen molar-refractivity contribution in [3.8, 4) is 11.5 Å². The van der Waals surface area contributed by atoms with Crippen molar-refractivity contribution in [2.45, 2.75) is 39.7 Å². The van der Waals surface area contributed by atoms with Gasteiger partial charge in [0.1, 0.15) is 11.5 Å². The summed E-state index contributed by atoms with van der Waals surface area (Å²) in [6, 6.07) is 6.21. The van der Waals surface area contributed by atoms with E-state index in [9.17, 15) is 0 Å². The van der Waals surface area contributed by atoms with E-state index in [0.717, 1.165) is 24.3 Å². The minimum Gasteiger partial charge on any atom is -0.494 e. The minimum atomic E-state index is 0.196. The standard InChI is InChI=1S/C14H23NO2/c1-4-12(15)7-11-8-13(16-5-2)10-14(9-11)17-6-3/h8-10,12H,4-7,15H2,1-3H3/t12-/m1/s1. The quantitative estimate of drug-likeness (QED) is 0.793. The van der Waals surface area contributed by atoms with E-state index in [1.54, 1.807) is 0 Å². The Morgan fingerprint density at radius 3 is 1.94 bits per heavy atom. The first-order chi connectivity index (χ1) is 8.19. The molecule has 0 heterocycles. The summed E-state index contributed by atoms with van der Waals surface area (Å²) in [5, 5.41) is 0. The second kappa shape index (κ2) is 7.17. The third-order valence-corrected chi connectivity index (χ3v) is 2.58. The Balaban J connectivity index is 2.86. The molecule has 0 unspecified atom stereocenters. The Bertz CT molecular complexity index is 315. The molecule has 0 bridgehead atoms. The zero-order chi connectivity index (χ0) is 12.7. The molecule has 96 valence electrons. The molecule has 1 rings (SSSR count). The van der Waals surface area contributed by atoms with Crippen molar-refractivity contribution >= 4 is 0 Å². The minimum absolute atomic E-state index is 0.196. The number of rotatable bonds is 7. The molecule has 0 aliphatic rings. The molecule has 2 N–H and O–H groups in total. The molecule has 0 aliphatic carbocycles. The zero-order valence-electron chi connectivity index (χ0n) is 11.0. The van der Waals surface area contributed by atoms with Gasteiger partial charge >= 0.3 is 0 Å². The van der Waals surface area contributed by atoms with Crippen molar-refractivity contribution in [3.05, 3.63) is 23.8 Å². The van der Waals surface area contributed by atoms with Gasteiger partial charge in [-0.1, -0.05) is 6.92 Å². The second-order valence-corrected chi connectivity index (χ2v) is 4.05. The summed E-state index contributed by atoms with van der Waals surface area (Å²) in [7, 11) is 0. The van der Waals surface area contributed by atoms with Gasteiger partial charge in [-0.25, -0.2) is 0 Å². The Kier molecular flexibility index (Phi) is 5.84. The van der Waals surface area contributed by atoms with Gasteiger partial charge in [0, 0.05) is 12.1 Å². The smallest absolute Gasteiger partial charge is 0.123 e. The predicted octanol–water partition coefficient (Wildman–Crippen LogP) is 2.76. The van der Waals surface area contributed by atoms with Crippen LogP contribution in [0, 0.1) is 0 Å². The Labute approximate surface area is 104 Å². The molecule has 17 heavy (non-hydrogen) atoms. The van der Waals surface area contributed by atoms with Crippen LogP contribution in [0.15, 0.2) is 18.2 Å². The normalized spacial score (nSPS) is 12.2. The van der Waals surface area contributed by atoms with E-state index in [1.165, 1.54) is 5.56 Å². The van der Waals surface area contributed by atoms with E-state index in [2.05, 4.69) is 6.92 Å². The largest absolute Gasteiger partial charge is 0.494 e. The third-order valence-electron chi connectivity index (χ3n) is 2.58. The van der Waals surface area contributed by atoms with Crippen LogP contribution in [-0.2, 0) is 6.42 Å². The summed E-state index contributed by atoms with van der Waals surface area (Å²) < 4.78 is 11.1. The highest BCUT2D eigenvalue weighted by molar-refractivity contribution is 5.38. The Hall–Kier alpha value is -1.22. The van der Waals surface area contributed by atoms with Crippen molar-refractivity contribution in [2.24, 2.45) is 5.73 Å². The van der Waals surface area contributed by atoms with Gasteiger partial charge in [-0.3, -0.25) is 0 Å². The highest BCUT2D eigenvalue weighted by atomic mass is 16.5. The summed E-state index contributed by atoms with van der Waals surface area (Å²) in [6.07, 6.45) is 1.83. The second-order valence-electron chi connectivity index (χ2n) is 4.05. The van der Waals surface area contributed by atoms with Crippen LogP contribution in [0.2, 0.25) is 0 Å². The molecule has 1 aromatic rings. The number of nitrogens with two attached hydrogens (primary N) is 1. The van der Waals surface area contributed by atoms with Crippen LogP contribution >= 0.6 is 0 Å². The maximum Gasteiger partial charge on any atom is 0.123 e. The summed E-state index contributed by atoms with van der Waals surface area (Å²) >= 11 is 0. The lowest BCUT2D eigenvalue weighted by Crippen LogP contribution is -2.21. The maximum atomic E-state index is 5.97. The zero-order valence-corrected chi connectivity index (χ0v) is 11.0. The lowest BCUT2D eigenvalue weighted by Gasteiger charge is -2.13. The van der Waals surface area contributed by atoms with Crippen LogP contribution in [0.1, 0.15) is 32.8 Å². The number of benzene rings is 1. The lowest BCUT2D eigenvalue weighted by atomic mass is 10.0. The van der Waals surface area contributed by atoms with Crippen molar-refractivity contribution in [1.29, 1.82) is 0 Å². The highest BCUT2D eigenvalue weighted by Crippen LogP contribution is 2.24. The average Bonchev–Trinajstić information content (AvgIpc) is 2.29. The molecule has 0 saturated heterocycles. The van der Waals surface area contributed by atoms with Crippen molar-refractivity contribution in [1.82, 2.24) is 0 Å². The summed E-state index contributed by atoms with van der Waals surface area (Å²) in [6.45, 7) is 7.37. The van der Waals surface area contributed by atoms with E-state index >= 15 is 0 Å². The monoisotopic (exact) mass is 237 g/mol. The fourth-order valence-corrected chi connectivity index (χ4v) is 1.70. The van der Waals surface area contributed by atoms with Gasteiger partial charge in [0.05, 0.1) is 13.2 Å². The number of ether oxygens (including phenoxy) is 2. The van der Waals surface area contributed by atoms with Crippen LogP contribution in [0.25, 0.3) is 0 Å². The maximum absolute atomic E-state index is 5.97. The molecule has 0 saturated carbocycles. The van der Waals surface area contributed by atoms with Crippen molar-refractivity contribution in [2.75, 3.05) is 13.2 Å². The molecular formula is C14H23NO2. The molecule has 0 amide bonds. The van der Waals surface area contributed by atoms with Crippen molar-refractivity contribution in [3.63, 3.8) is 0 Å². The van der Waals surface area contributed by atoms with E-state index in [4.69, 9.17) is 15.2 Å². The third kappa shape index (κ3) is 4.65. The Morgan fingerprint density at radius 1 is 1.00 bits per heavy atom. The first-order valence-corrected chi connectivity index (χ1v) is 6.34. The van der Waals surface area contributed by atoms with Crippen LogP contribution in [0.5, 0.6) is 11.5 Å². The molecule has 0 spiro atoms. The predicted molar refractivity (Wildman–Crippen MR) is 70.8 cm³/mol. The summed E-state index contributed by atoms with van der Waals surface area (Å²) in [5.41, 5.74) is 7.15. The van der Waals surface area contributed by atoms with Gasteiger partial charge in [0.2, 0.25) is 0 Å². The van der Waals surface area contributed by atoms with E-state index < -0.39 is 0 Å². The molecule has 0 fully saturated rings. The van der Waals surface area contributed by atoms with Crippen LogP contribution in [0.3, 0.4) is 0 Å². The van der Waals surface area contributed by atoms with E-state index in [0.29, 0.717) is 13.2 Å². The summed E-state index contributed by atoms with van der Waals surface area (Å²) in [5.74, 6) is 1.72. The topological polar surface area (TPSA) is 44.5 Å². The molecule has 1 atom stereocenters. The van der Waals surface area contributed by atoms with Gasteiger partial charge in [-0.2, -0.15) is 0 Å². The summed E-state index contributed by atoms with van der Waals surface area (Å²) in [4.78, 5) is 0. The van der Waals surface area contributed by atoms with Gasteiger partial charge in [-0.15, -0.1) is 0 Å². The molecular weight excluding hydrogens is 214 g/mol. The van der Waals surface area contributed by atoms with E-state index in [1.807, 2.05) is 32.0 Å². The average molecular weight is 237 g/mol. The van der Waals surface area contributed by atoms with Gasteiger partial charge in [0.15, 0.2) is 0 Å². The van der Waals surface area contributed by atoms with Gasteiger partial charge < -0.3 is 15.2 Å². The van der Waals surface area contributed by atoms with Crippen LogP contribution in [-0.4, -0.2) is 19.3 Å². The molecule has 1 aromatic carbocycles. The highest BCUT2D eigenvalue weighted by Gasteiger charge is 2.06. The molecule has 0 aromatic heterocycles. The van der Waals surface area contributed by atoms with Gasteiger partial charge in [0.25, 0.3) is 0 Å². The van der Waals surface area contributed by atoms with Crippen LogP contribution in [0.4, 0.5) is 0 Å². The van der Waals surface area contributed by atoms with E-state index in [-0.39, 0.29) is 6.04 Å². The fourth-order valence-electron chi connectivity index (χ4n) is 1.70. The van der Waals surface area contributed by atoms with Crippen molar-refractivity contribution < 1.29 is 9.47 Å². The molecule has 3 nitrogen and oxygen atoms in total. The SMILES string of the molecule is CCOc1cc(C[C@H](N)CC)cc(OCC)c1. The first-order valence-electron chi connectivity index (χ1n) is 6.34. The van der Waals surface area contributed by atoms with Crippen LogP contribution < -0.4 is 15.2 Å². The molecule has 0 aliphatic heterocycles. The Morgan fingerprint density at radius 2 is 1.53 bits per heavy atom. The molecule has 0 radical (unpaired) electrons. The lowest BCUT2D eigenvalue weighted by molar-refractivity contribution is 0.322. The molecule has 3 heteroatoms. The fraction of sp³-hybridized carbons (Fsp3) is 0.571. The number of hydrogen-bond donors (Lipinski definition) is 1. The number of hydrogen-bond acceptors (Lipinski definition) is 3. The van der Waals surface area contributed by atoms with Gasteiger partial charge in [-0.05, 0) is 44.4 Å².